The van der Waals surface area contributed by atoms with Crippen molar-refractivity contribution >= 4 is 11.8 Å². The second kappa shape index (κ2) is 6.85. The molecule has 0 aliphatic heterocycles. The molecule has 1 rings (SSSR count). The van der Waals surface area contributed by atoms with Gasteiger partial charge in [0.15, 0.2) is 0 Å². The molecular weight excluding hydrogens is 192 g/mol. The fraction of sp³-hybridized carbons (Fsp3) is 0.545. The molecule has 1 N–H and O–H groups in total. The summed E-state index contributed by atoms with van der Waals surface area (Å²) in [5.74, 6) is 2.39. The number of thioether (sulfide) groups is 1. The van der Waals surface area contributed by atoms with Crippen molar-refractivity contribution in [2.24, 2.45) is 0 Å². The maximum atomic E-state index is 4.01. The summed E-state index contributed by atoms with van der Waals surface area (Å²) in [5.41, 5.74) is 1.31. The molecule has 0 fully saturated rings. The molecule has 3 heteroatoms. The van der Waals surface area contributed by atoms with Crippen molar-refractivity contribution in [3.05, 3.63) is 30.1 Å². The minimum absolute atomic E-state index is 0.426. The Bertz CT molecular complexity index is 238. The Balaban J connectivity index is 2.25. The van der Waals surface area contributed by atoms with Crippen molar-refractivity contribution in [1.29, 1.82) is 0 Å². The molecule has 78 valence electrons. The van der Waals surface area contributed by atoms with Crippen LogP contribution in [0.4, 0.5) is 0 Å². The van der Waals surface area contributed by atoms with Gasteiger partial charge in [0.05, 0.1) is 0 Å². The second-order valence-corrected chi connectivity index (χ2v) is 4.55. The molecule has 0 spiro atoms. The van der Waals surface area contributed by atoms with Crippen LogP contribution < -0.4 is 5.32 Å². The zero-order valence-electron chi connectivity index (χ0n) is 8.86. The van der Waals surface area contributed by atoms with Crippen molar-refractivity contribution in [2.75, 3.05) is 18.1 Å². The summed E-state index contributed by atoms with van der Waals surface area (Å²) in [6.45, 7) is 5.45. The smallest absolute Gasteiger partial charge is 0.0293 e. The Morgan fingerprint density at radius 1 is 1.43 bits per heavy atom. The third kappa shape index (κ3) is 4.11. The maximum absolute atomic E-state index is 4.01. The Hall–Kier alpha value is -0.540. The van der Waals surface area contributed by atoms with Crippen LogP contribution in [0.1, 0.15) is 25.5 Å². The van der Waals surface area contributed by atoms with Gasteiger partial charge in [0.1, 0.15) is 0 Å². The van der Waals surface area contributed by atoms with Crippen LogP contribution in [-0.2, 0) is 0 Å². The van der Waals surface area contributed by atoms with Gasteiger partial charge >= 0.3 is 0 Å². The van der Waals surface area contributed by atoms with Crippen LogP contribution in [0, 0.1) is 0 Å². The molecule has 1 atom stereocenters. The molecule has 14 heavy (non-hydrogen) atoms. The summed E-state index contributed by atoms with van der Waals surface area (Å²) >= 11 is 1.97. The molecule has 1 heterocycles. The molecule has 0 bridgehead atoms. The van der Waals surface area contributed by atoms with Crippen LogP contribution in [-0.4, -0.2) is 23.0 Å². The number of hydrogen-bond acceptors (Lipinski definition) is 3. The monoisotopic (exact) mass is 210 g/mol. The highest BCUT2D eigenvalue weighted by Gasteiger charge is 2.02. The van der Waals surface area contributed by atoms with E-state index >= 15 is 0 Å². The minimum atomic E-state index is 0.426. The van der Waals surface area contributed by atoms with Gasteiger partial charge in [-0.05, 0) is 30.4 Å². The van der Waals surface area contributed by atoms with Crippen LogP contribution in [0.15, 0.2) is 24.5 Å². The van der Waals surface area contributed by atoms with E-state index in [-0.39, 0.29) is 0 Å². The van der Waals surface area contributed by atoms with Gasteiger partial charge in [0.25, 0.3) is 0 Å². The molecule has 2 nitrogen and oxygen atoms in total. The Morgan fingerprint density at radius 3 is 2.79 bits per heavy atom. The lowest BCUT2D eigenvalue weighted by atomic mass is 10.1. The first-order chi connectivity index (χ1) is 6.84. The van der Waals surface area contributed by atoms with Gasteiger partial charge in [-0.15, -0.1) is 0 Å². The molecular formula is C11H18N2S. The van der Waals surface area contributed by atoms with Crippen molar-refractivity contribution in [3.8, 4) is 0 Å². The summed E-state index contributed by atoms with van der Waals surface area (Å²) in [6, 6.07) is 4.55. The number of nitrogens with one attached hydrogen (secondary N) is 1. The summed E-state index contributed by atoms with van der Waals surface area (Å²) in [7, 11) is 0. The quantitative estimate of drug-likeness (QED) is 0.730. The molecule has 0 aliphatic rings. The van der Waals surface area contributed by atoms with Gasteiger partial charge in [0.2, 0.25) is 0 Å². The number of nitrogens with zero attached hydrogens (tertiary/aromatic N) is 1. The van der Waals surface area contributed by atoms with E-state index in [1.54, 1.807) is 0 Å². The number of hydrogen-bond donors (Lipinski definition) is 1. The zero-order valence-corrected chi connectivity index (χ0v) is 9.68. The Kier molecular flexibility index (Phi) is 5.64. The molecule has 1 aromatic heterocycles. The average Bonchev–Trinajstić information content (AvgIpc) is 2.25. The first-order valence-electron chi connectivity index (χ1n) is 5.05. The van der Waals surface area contributed by atoms with Crippen LogP contribution in [0.5, 0.6) is 0 Å². The SMILES string of the molecule is CCSCCN[C@H](C)c1ccncc1. The molecule has 0 saturated carbocycles. The highest BCUT2D eigenvalue weighted by molar-refractivity contribution is 7.99. The summed E-state index contributed by atoms with van der Waals surface area (Å²) < 4.78 is 0. The second-order valence-electron chi connectivity index (χ2n) is 3.15. The molecule has 0 radical (unpaired) electrons. The van der Waals surface area contributed by atoms with Gasteiger partial charge in [-0.25, -0.2) is 0 Å². The molecule has 0 aromatic carbocycles. The van der Waals surface area contributed by atoms with E-state index in [9.17, 15) is 0 Å². The van der Waals surface area contributed by atoms with E-state index < -0.39 is 0 Å². The van der Waals surface area contributed by atoms with Crippen molar-refractivity contribution < 1.29 is 0 Å². The standard InChI is InChI=1S/C11H18N2S/c1-3-14-9-8-13-10(2)11-4-6-12-7-5-11/h4-7,10,13H,3,8-9H2,1-2H3/t10-/m1/s1. The molecule has 0 unspecified atom stereocenters. The third-order valence-electron chi connectivity index (χ3n) is 2.11. The van der Waals surface area contributed by atoms with Gasteiger partial charge in [-0.1, -0.05) is 6.92 Å². The average molecular weight is 210 g/mol. The van der Waals surface area contributed by atoms with Crippen molar-refractivity contribution in [1.82, 2.24) is 10.3 Å². The topological polar surface area (TPSA) is 24.9 Å². The lowest BCUT2D eigenvalue weighted by molar-refractivity contribution is 0.600. The van der Waals surface area contributed by atoms with E-state index in [2.05, 4.69) is 36.3 Å². The fourth-order valence-electron chi connectivity index (χ4n) is 1.26. The van der Waals surface area contributed by atoms with E-state index in [4.69, 9.17) is 0 Å². The predicted molar refractivity (Wildman–Crippen MR) is 63.7 cm³/mol. The van der Waals surface area contributed by atoms with E-state index in [0.29, 0.717) is 6.04 Å². The normalized spacial score (nSPS) is 12.7. The lowest BCUT2D eigenvalue weighted by Crippen LogP contribution is -2.21. The van der Waals surface area contributed by atoms with Crippen molar-refractivity contribution in [3.63, 3.8) is 0 Å². The van der Waals surface area contributed by atoms with E-state index in [0.717, 1.165) is 6.54 Å². The third-order valence-corrected chi connectivity index (χ3v) is 3.01. The molecule has 1 aromatic rings. The van der Waals surface area contributed by atoms with Crippen molar-refractivity contribution in [2.45, 2.75) is 19.9 Å². The van der Waals surface area contributed by atoms with Gasteiger partial charge < -0.3 is 5.32 Å². The van der Waals surface area contributed by atoms with Crippen LogP contribution in [0.3, 0.4) is 0 Å². The summed E-state index contributed by atoms with van der Waals surface area (Å²) in [4.78, 5) is 4.01. The van der Waals surface area contributed by atoms with Gasteiger partial charge in [0, 0.05) is 30.7 Å². The largest absolute Gasteiger partial charge is 0.309 e. The van der Waals surface area contributed by atoms with Crippen LogP contribution in [0.2, 0.25) is 0 Å². The summed E-state index contributed by atoms with van der Waals surface area (Å²) in [6.07, 6.45) is 3.68. The minimum Gasteiger partial charge on any atom is -0.309 e. The first kappa shape index (κ1) is 11.5. The van der Waals surface area contributed by atoms with E-state index in [1.807, 2.05) is 24.2 Å². The molecule has 0 aliphatic carbocycles. The Morgan fingerprint density at radius 2 is 2.14 bits per heavy atom. The van der Waals surface area contributed by atoms with Crippen LogP contribution >= 0.6 is 11.8 Å². The maximum Gasteiger partial charge on any atom is 0.0293 e. The molecule has 0 amide bonds. The number of pyridine rings is 1. The zero-order chi connectivity index (χ0) is 10.2. The number of aromatic nitrogens is 1. The highest BCUT2D eigenvalue weighted by Crippen LogP contribution is 2.09. The first-order valence-corrected chi connectivity index (χ1v) is 6.21. The summed E-state index contributed by atoms with van der Waals surface area (Å²) in [5, 5.41) is 3.49. The lowest BCUT2D eigenvalue weighted by Gasteiger charge is -2.13. The Labute approximate surface area is 90.5 Å². The van der Waals surface area contributed by atoms with Gasteiger partial charge in [-0.3, -0.25) is 4.98 Å². The number of rotatable bonds is 6. The predicted octanol–water partition coefficient (Wildman–Crippen LogP) is 2.49. The van der Waals surface area contributed by atoms with Crippen LogP contribution in [0.25, 0.3) is 0 Å². The fourth-order valence-corrected chi connectivity index (χ4v) is 1.81. The highest BCUT2D eigenvalue weighted by atomic mass is 32.2. The van der Waals surface area contributed by atoms with Gasteiger partial charge in [-0.2, -0.15) is 11.8 Å². The molecule has 0 saturated heterocycles. The van der Waals surface area contributed by atoms with E-state index in [1.165, 1.54) is 17.1 Å².